The van der Waals surface area contributed by atoms with E-state index in [0.29, 0.717) is 18.6 Å². The topological polar surface area (TPSA) is 59.3 Å². The summed E-state index contributed by atoms with van der Waals surface area (Å²) in [6.45, 7) is 0.125. The third-order valence-electron chi connectivity index (χ3n) is 3.25. The molecule has 0 radical (unpaired) electrons. The summed E-state index contributed by atoms with van der Waals surface area (Å²) in [5.74, 6) is 0.266. The van der Waals surface area contributed by atoms with Gasteiger partial charge in [-0.15, -0.1) is 0 Å². The Morgan fingerprint density at radius 3 is 2.57 bits per heavy atom. The summed E-state index contributed by atoms with van der Waals surface area (Å²) in [6.07, 6.45) is 1.68. The lowest BCUT2D eigenvalue weighted by molar-refractivity contribution is -0.146. The predicted molar refractivity (Wildman–Crippen MR) is 87.0 cm³/mol. The van der Waals surface area contributed by atoms with Gasteiger partial charge in [-0.3, -0.25) is 0 Å². The third kappa shape index (κ3) is 5.84. The molecule has 0 fully saturated rings. The van der Waals surface area contributed by atoms with Gasteiger partial charge in [0.25, 0.3) is 0 Å². The molecule has 0 atom stereocenters. The highest BCUT2D eigenvalue weighted by molar-refractivity contribution is 5.71. The Hall–Kier alpha value is -2.80. The maximum Gasteiger partial charge on any atom is 0.344 e. The first-order valence-corrected chi connectivity index (χ1v) is 7.57. The zero-order valence-electron chi connectivity index (χ0n) is 12.9. The molecule has 0 aliphatic heterocycles. The van der Waals surface area contributed by atoms with E-state index in [9.17, 15) is 4.79 Å². The van der Waals surface area contributed by atoms with Crippen molar-refractivity contribution in [2.75, 3.05) is 13.2 Å². The number of para-hydroxylation sites is 1. The molecule has 2 aromatic rings. The number of hydrogen-bond acceptors (Lipinski definition) is 4. The molecule has 2 rings (SSSR count). The molecule has 0 amide bonds. The quantitative estimate of drug-likeness (QED) is 0.553. The molecule has 0 saturated heterocycles. The van der Waals surface area contributed by atoms with Crippen LogP contribution in [0.3, 0.4) is 0 Å². The zero-order chi connectivity index (χ0) is 16.3. The Kier molecular flexibility index (Phi) is 6.67. The van der Waals surface area contributed by atoms with Crippen LogP contribution in [0.5, 0.6) is 5.75 Å². The Morgan fingerprint density at radius 2 is 1.78 bits per heavy atom. The van der Waals surface area contributed by atoms with Gasteiger partial charge in [0.15, 0.2) is 6.61 Å². The van der Waals surface area contributed by atoms with Crippen molar-refractivity contribution >= 4 is 5.97 Å². The third-order valence-corrected chi connectivity index (χ3v) is 3.25. The van der Waals surface area contributed by atoms with E-state index in [1.54, 1.807) is 0 Å². The summed E-state index contributed by atoms with van der Waals surface area (Å²) < 4.78 is 10.6. The van der Waals surface area contributed by atoms with Crippen LogP contribution in [0.25, 0.3) is 0 Å². The van der Waals surface area contributed by atoms with Crippen LogP contribution in [0.4, 0.5) is 0 Å². The maximum atomic E-state index is 11.6. The van der Waals surface area contributed by atoms with Gasteiger partial charge >= 0.3 is 5.97 Å². The molecule has 23 heavy (non-hydrogen) atoms. The van der Waals surface area contributed by atoms with Crippen molar-refractivity contribution < 1.29 is 14.3 Å². The molecule has 0 saturated carbocycles. The first-order valence-electron chi connectivity index (χ1n) is 7.57. The summed E-state index contributed by atoms with van der Waals surface area (Å²) in [5, 5.41) is 8.42. The Labute approximate surface area is 136 Å². The minimum Gasteiger partial charge on any atom is -0.482 e. The van der Waals surface area contributed by atoms with E-state index in [1.165, 1.54) is 5.56 Å². The number of rotatable bonds is 8. The van der Waals surface area contributed by atoms with E-state index in [0.717, 1.165) is 12.0 Å². The van der Waals surface area contributed by atoms with E-state index < -0.39 is 5.97 Å². The van der Waals surface area contributed by atoms with Crippen LogP contribution in [0.2, 0.25) is 0 Å². The minimum absolute atomic E-state index is 0.127. The summed E-state index contributed by atoms with van der Waals surface area (Å²) in [6, 6.07) is 19.8. The van der Waals surface area contributed by atoms with Crippen LogP contribution in [0.1, 0.15) is 24.0 Å². The number of nitriles is 1. The van der Waals surface area contributed by atoms with E-state index >= 15 is 0 Å². The van der Waals surface area contributed by atoms with Gasteiger partial charge in [-0.2, -0.15) is 5.26 Å². The van der Waals surface area contributed by atoms with Gasteiger partial charge in [0.1, 0.15) is 5.75 Å². The number of esters is 1. The van der Waals surface area contributed by atoms with Gasteiger partial charge in [-0.25, -0.2) is 4.79 Å². The standard InChI is InChI=1S/C19H19NO3/c20-12-6-7-13-22-19(21)15-23-18-11-5-4-10-17(18)14-16-8-2-1-3-9-16/h1-5,8-11H,6-7,13-15H2. The molecule has 0 aliphatic carbocycles. The average molecular weight is 309 g/mol. The van der Waals surface area contributed by atoms with Crippen LogP contribution in [0, 0.1) is 11.3 Å². The molecule has 0 aromatic heterocycles. The second kappa shape index (κ2) is 9.26. The highest BCUT2D eigenvalue weighted by Gasteiger charge is 2.08. The Balaban J connectivity index is 1.88. The lowest BCUT2D eigenvalue weighted by Crippen LogP contribution is -2.16. The smallest absolute Gasteiger partial charge is 0.344 e. The zero-order valence-corrected chi connectivity index (χ0v) is 12.9. The largest absolute Gasteiger partial charge is 0.482 e. The molecule has 0 bridgehead atoms. The fourth-order valence-electron chi connectivity index (χ4n) is 2.12. The minimum atomic E-state index is -0.419. The second-order valence-corrected chi connectivity index (χ2v) is 5.04. The summed E-state index contributed by atoms with van der Waals surface area (Å²) >= 11 is 0. The normalized spacial score (nSPS) is 9.87. The van der Waals surface area contributed by atoms with Crippen LogP contribution in [-0.2, 0) is 16.0 Å². The molecule has 4 nitrogen and oxygen atoms in total. The van der Waals surface area contributed by atoms with Crippen molar-refractivity contribution in [3.8, 4) is 11.8 Å². The SMILES string of the molecule is N#CCCCOC(=O)COc1ccccc1Cc1ccccc1. The number of benzene rings is 2. The summed E-state index contributed by atoms with van der Waals surface area (Å²) in [7, 11) is 0. The first-order chi connectivity index (χ1) is 11.3. The molecular weight excluding hydrogens is 290 g/mol. The molecule has 0 N–H and O–H groups in total. The number of carbonyl (C=O) groups is 1. The molecule has 4 heteroatoms. The van der Waals surface area contributed by atoms with E-state index in [4.69, 9.17) is 14.7 Å². The summed E-state index contributed by atoms with van der Waals surface area (Å²) in [5.41, 5.74) is 2.21. The summed E-state index contributed by atoms with van der Waals surface area (Å²) in [4.78, 5) is 11.6. The van der Waals surface area contributed by atoms with E-state index in [2.05, 4.69) is 12.1 Å². The van der Waals surface area contributed by atoms with E-state index in [1.807, 2.05) is 48.5 Å². The molecule has 0 heterocycles. The highest BCUT2D eigenvalue weighted by Crippen LogP contribution is 2.21. The lowest BCUT2D eigenvalue weighted by atomic mass is 10.0. The Morgan fingerprint density at radius 1 is 1.04 bits per heavy atom. The fraction of sp³-hybridized carbons (Fsp3) is 0.263. The van der Waals surface area contributed by atoms with Gasteiger partial charge in [-0.05, 0) is 23.6 Å². The van der Waals surface area contributed by atoms with Crippen molar-refractivity contribution in [1.29, 1.82) is 5.26 Å². The van der Waals surface area contributed by atoms with Crippen molar-refractivity contribution in [1.82, 2.24) is 0 Å². The van der Waals surface area contributed by atoms with Gasteiger partial charge in [0.05, 0.1) is 12.7 Å². The molecule has 0 unspecified atom stereocenters. The number of carbonyl (C=O) groups excluding carboxylic acids is 1. The Bertz CT molecular complexity index is 662. The van der Waals surface area contributed by atoms with E-state index in [-0.39, 0.29) is 13.2 Å². The van der Waals surface area contributed by atoms with Crippen molar-refractivity contribution in [3.63, 3.8) is 0 Å². The van der Waals surface area contributed by atoms with Crippen LogP contribution < -0.4 is 4.74 Å². The van der Waals surface area contributed by atoms with Crippen molar-refractivity contribution in [2.24, 2.45) is 0 Å². The van der Waals surface area contributed by atoms with Crippen LogP contribution in [-0.4, -0.2) is 19.2 Å². The van der Waals surface area contributed by atoms with Gasteiger partial charge in [-0.1, -0.05) is 48.5 Å². The number of nitrogens with zero attached hydrogens (tertiary/aromatic N) is 1. The molecule has 2 aromatic carbocycles. The molecule has 118 valence electrons. The maximum absolute atomic E-state index is 11.6. The average Bonchev–Trinajstić information content (AvgIpc) is 2.59. The monoisotopic (exact) mass is 309 g/mol. The second-order valence-electron chi connectivity index (χ2n) is 5.04. The highest BCUT2D eigenvalue weighted by atomic mass is 16.6. The fourth-order valence-corrected chi connectivity index (χ4v) is 2.12. The number of hydrogen-bond donors (Lipinski definition) is 0. The first kappa shape index (κ1) is 16.6. The predicted octanol–water partition coefficient (Wildman–Crippen LogP) is 3.50. The van der Waals surface area contributed by atoms with Crippen LogP contribution >= 0.6 is 0 Å². The van der Waals surface area contributed by atoms with Gasteiger partial charge < -0.3 is 9.47 Å². The van der Waals surface area contributed by atoms with Crippen molar-refractivity contribution in [2.45, 2.75) is 19.3 Å². The number of ether oxygens (including phenoxy) is 2. The van der Waals surface area contributed by atoms with Gasteiger partial charge in [0.2, 0.25) is 0 Å². The van der Waals surface area contributed by atoms with Crippen molar-refractivity contribution in [3.05, 3.63) is 65.7 Å². The van der Waals surface area contributed by atoms with Crippen LogP contribution in [0.15, 0.2) is 54.6 Å². The molecule has 0 aliphatic rings. The number of unbranched alkanes of at least 4 members (excludes halogenated alkanes) is 1. The van der Waals surface area contributed by atoms with Gasteiger partial charge in [0, 0.05) is 12.8 Å². The lowest BCUT2D eigenvalue weighted by Gasteiger charge is -2.11. The molecule has 0 spiro atoms. The molecular formula is C19H19NO3.